The largest absolute Gasteiger partial charge is 0.474 e. The summed E-state index contributed by atoms with van der Waals surface area (Å²) in [6.45, 7) is 0.705. The van der Waals surface area contributed by atoms with Crippen molar-refractivity contribution in [2.45, 2.75) is 25.4 Å². The second-order valence-electron chi connectivity index (χ2n) is 5.76. The Balaban J connectivity index is 1.86. The van der Waals surface area contributed by atoms with E-state index in [1.165, 1.54) is 0 Å². The Morgan fingerprint density at radius 1 is 1.04 bits per heavy atom. The topological polar surface area (TPSA) is 29.5 Å². The second-order valence-corrected chi connectivity index (χ2v) is 6.99. The van der Waals surface area contributed by atoms with Gasteiger partial charge in [0.25, 0.3) is 5.91 Å². The van der Waals surface area contributed by atoms with Crippen LogP contribution in [0.25, 0.3) is 0 Å². The zero-order valence-electron chi connectivity index (χ0n) is 13.3. The van der Waals surface area contributed by atoms with E-state index in [9.17, 15) is 4.79 Å². The summed E-state index contributed by atoms with van der Waals surface area (Å²) < 4.78 is 5.99. The molecule has 24 heavy (non-hydrogen) atoms. The van der Waals surface area contributed by atoms with Gasteiger partial charge < -0.3 is 9.64 Å². The van der Waals surface area contributed by atoms with E-state index in [4.69, 9.17) is 16.3 Å². The fourth-order valence-electron chi connectivity index (χ4n) is 2.84. The number of hydrogen-bond acceptors (Lipinski definition) is 2. The highest BCUT2D eigenvalue weighted by molar-refractivity contribution is 9.09. The lowest BCUT2D eigenvalue weighted by Gasteiger charge is -2.34. The number of rotatable bonds is 6. The highest BCUT2D eigenvalue weighted by Gasteiger charge is 2.34. The molecule has 1 aliphatic heterocycles. The van der Waals surface area contributed by atoms with Crippen LogP contribution in [0.1, 0.15) is 30.9 Å². The quantitative estimate of drug-likeness (QED) is 0.475. The minimum Gasteiger partial charge on any atom is -0.474 e. The van der Waals surface area contributed by atoms with Crippen LogP contribution in [0, 0.1) is 0 Å². The molecule has 1 unspecified atom stereocenters. The molecule has 1 atom stereocenters. The molecular weight excluding hydrogens is 390 g/mol. The van der Waals surface area contributed by atoms with E-state index >= 15 is 0 Å². The average Bonchev–Trinajstić information content (AvgIpc) is 2.61. The molecule has 0 N–H and O–H groups in total. The van der Waals surface area contributed by atoms with Crippen molar-refractivity contribution in [3.8, 4) is 5.75 Å². The summed E-state index contributed by atoms with van der Waals surface area (Å²) >= 11 is 9.40. The fraction of sp³-hybridized carbons (Fsp3) is 0.316. The van der Waals surface area contributed by atoms with E-state index in [1.807, 2.05) is 41.3 Å². The Morgan fingerprint density at radius 3 is 2.54 bits per heavy atom. The molecule has 0 aromatic heterocycles. The lowest BCUT2D eigenvalue weighted by molar-refractivity contribution is -0.126. The minimum atomic E-state index is -0.617. The number of ether oxygens (including phenoxy) is 1. The summed E-state index contributed by atoms with van der Waals surface area (Å²) in [7, 11) is 0. The number of carbonyl (C=O) groups excluding carboxylic acids is 1. The first-order valence-corrected chi connectivity index (χ1v) is 9.59. The van der Waals surface area contributed by atoms with Crippen LogP contribution < -0.4 is 9.64 Å². The number of unbranched alkanes of at least 4 members (excludes halogenated alkanes) is 2. The summed E-state index contributed by atoms with van der Waals surface area (Å²) in [5.74, 6) is 0.729. The van der Waals surface area contributed by atoms with Gasteiger partial charge in [-0.05, 0) is 37.1 Å². The molecule has 3 rings (SSSR count). The highest BCUT2D eigenvalue weighted by atomic mass is 79.9. The number of alkyl halides is 1. The minimum absolute atomic E-state index is 0.0186. The van der Waals surface area contributed by atoms with Crippen LogP contribution in [0.4, 0.5) is 5.69 Å². The van der Waals surface area contributed by atoms with Gasteiger partial charge in [0.15, 0.2) is 0 Å². The van der Waals surface area contributed by atoms with E-state index < -0.39 is 6.10 Å². The van der Waals surface area contributed by atoms with Crippen LogP contribution in [0.15, 0.2) is 48.5 Å². The van der Waals surface area contributed by atoms with Gasteiger partial charge in [0.1, 0.15) is 5.75 Å². The third-order valence-electron chi connectivity index (χ3n) is 4.08. The van der Waals surface area contributed by atoms with Crippen LogP contribution in [0.3, 0.4) is 0 Å². The summed E-state index contributed by atoms with van der Waals surface area (Å²) in [4.78, 5) is 14.8. The van der Waals surface area contributed by atoms with Gasteiger partial charge in [0.2, 0.25) is 6.10 Å². The predicted molar refractivity (Wildman–Crippen MR) is 101 cm³/mol. The number of fused-ring (bicyclic) bond motifs is 1. The smallest absolute Gasteiger partial charge is 0.272 e. The molecule has 3 nitrogen and oxygen atoms in total. The van der Waals surface area contributed by atoms with Gasteiger partial charge in [0, 0.05) is 22.5 Å². The molecule has 0 aliphatic carbocycles. The molecule has 0 spiro atoms. The lowest BCUT2D eigenvalue weighted by Crippen LogP contribution is -2.41. The summed E-state index contributed by atoms with van der Waals surface area (Å²) in [5, 5.41) is 1.64. The first-order valence-electron chi connectivity index (χ1n) is 8.09. The van der Waals surface area contributed by atoms with E-state index in [0.717, 1.165) is 41.6 Å². The Labute approximate surface area is 155 Å². The van der Waals surface area contributed by atoms with Gasteiger partial charge in [-0.1, -0.05) is 58.2 Å². The molecule has 0 bridgehead atoms. The summed E-state index contributed by atoms with van der Waals surface area (Å²) in [6.07, 6.45) is 2.55. The van der Waals surface area contributed by atoms with Crippen LogP contribution in [0.2, 0.25) is 5.02 Å². The molecule has 0 radical (unpaired) electrons. The monoisotopic (exact) mass is 407 g/mol. The molecule has 0 saturated carbocycles. The second kappa shape index (κ2) is 8.04. The average molecular weight is 409 g/mol. The molecule has 126 valence electrons. The Bertz CT molecular complexity index is 705. The number of halogens is 2. The summed E-state index contributed by atoms with van der Waals surface area (Å²) in [6, 6.07) is 15.0. The Morgan fingerprint density at radius 2 is 1.79 bits per heavy atom. The van der Waals surface area contributed by atoms with E-state index in [-0.39, 0.29) is 5.91 Å². The van der Waals surface area contributed by atoms with Gasteiger partial charge >= 0.3 is 0 Å². The molecule has 1 aliphatic rings. The van der Waals surface area contributed by atoms with Crippen molar-refractivity contribution in [1.82, 2.24) is 0 Å². The number of nitrogens with zero attached hydrogens (tertiary/aromatic N) is 1. The molecule has 0 saturated heterocycles. The third kappa shape index (κ3) is 3.76. The van der Waals surface area contributed by atoms with Crippen molar-refractivity contribution in [1.29, 1.82) is 0 Å². The maximum atomic E-state index is 13.0. The summed E-state index contributed by atoms with van der Waals surface area (Å²) in [5.41, 5.74) is 1.68. The molecular formula is C19H19BrClNO2. The standard InChI is InChI=1S/C19H19BrClNO2/c20-12-4-1-5-13-22-16-6-2-3-7-17(16)24-18(19(22)23)14-8-10-15(21)11-9-14/h2-3,6-11,18H,1,4-5,12-13H2. The maximum absolute atomic E-state index is 13.0. The number of benzene rings is 2. The SMILES string of the molecule is O=C1C(c2ccc(Cl)cc2)Oc2ccccc2N1CCCCCBr. The zero-order chi connectivity index (χ0) is 16.9. The molecule has 1 heterocycles. The van der Waals surface area contributed by atoms with Crippen molar-refractivity contribution in [2.75, 3.05) is 16.8 Å². The van der Waals surface area contributed by atoms with Gasteiger partial charge in [-0.15, -0.1) is 0 Å². The molecule has 5 heteroatoms. The van der Waals surface area contributed by atoms with Crippen molar-refractivity contribution >= 4 is 39.1 Å². The number of hydrogen-bond donors (Lipinski definition) is 0. The van der Waals surface area contributed by atoms with Crippen molar-refractivity contribution in [3.05, 3.63) is 59.1 Å². The first-order chi connectivity index (χ1) is 11.7. The highest BCUT2D eigenvalue weighted by Crippen LogP contribution is 2.39. The number of amides is 1. The molecule has 1 amide bonds. The number of carbonyl (C=O) groups is 1. The van der Waals surface area contributed by atoms with Gasteiger partial charge in [-0.2, -0.15) is 0 Å². The zero-order valence-corrected chi connectivity index (χ0v) is 15.6. The lowest BCUT2D eigenvalue weighted by atomic mass is 10.0. The fourth-order valence-corrected chi connectivity index (χ4v) is 3.36. The maximum Gasteiger partial charge on any atom is 0.272 e. The van der Waals surface area contributed by atoms with Gasteiger partial charge in [0.05, 0.1) is 5.69 Å². The van der Waals surface area contributed by atoms with Crippen molar-refractivity contribution in [3.63, 3.8) is 0 Å². The van der Waals surface area contributed by atoms with Gasteiger partial charge in [-0.3, -0.25) is 4.79 Å². The van der Waals surface area contributed by atoms with E-state index in [0.29, 0.717) is 11.6 Å². The van der Waals surface area contributed by atoms with Crippen molar-refractivity contribution < 1.29 is 9.53 Å². The molecule has 2 aromatic rings. The number of para-hydroxylation sites is 2. The Hall–Kier alpha value is -1.52. The van der Waals surface area contributed by atoms with Crippen LogP contribution >= 0.6 is 27.5 Å². The number of anilines is 1. The third-order valence-corrected chi connectivity index (χ3v) is 4.89. The van der Waals surface area contributed by atoms with Gasteiger partial charge in [-0.25, -0.2) is 0 Å². The molecule has 2 aromatic carbocycles. The van der Waals surface area contributed by atoms with Crippen LogP contribution in [-0.4, -0.2) is 17.8 Å². The van der Waals surface area contributed by atoms with Crippen LogP contribution in [-0.2, 0) is 4.79 Å². The van der Waals surface area contributed by atoms with E-state index in [2.05, 4.69) is 15.9 Å². The first kappa shape index (κ1) is 17.3. The van der Waals surface area contributed by atoms with Crippen molar-refractivity contribution in [2.24, 2.45) is 0 Å². The predicted octanol–water partition coefficient (Wildman–Crippen LogP) is 5.37. The van der Waals surface area contributed by atoms with E-state index in [1.54, 1.807) is 12.1 Å². The molecule has 0 fully saturated rings. The Kier molecular flexibility index (Phi) is 5.80. The normalized spacial score (nSPS) is 16.7. The van der Waals surface area contributed by atoms with Crippen LogP contribution in [0.5, 0.6) is 5.75 Å².